The predicted octanol–water partition coefficient (Wildman–Crippen LogP) is 7.22. The van der Waals surface area contributed by atoms with Crippen molar-refractivity contribution in [2.24, 2.45) is 0 Å². The fourth-order valence-electron chi connectivity index (χ4n) is 4.93. The number of rotatable bonds is 4. The SMILES string of the molecule is Brc1ccc(-c2nc3ccccc3n2CCn2c3ccccc3c3nc4ccccc4nc32)cc1. The van der Waals surface area contributed by atoms with E-state index in [1.807, 2.05) is 30.3 Å². The molecule has 0 N–H and O–H groups in total. The van der Waals surface area contributed by atoms with Gasteiger partial charge in [-0.15, -0.1) is 0 Å². The number of hydrogen-bond acceptors (Lipinski definition) is 3. The minimum atomic E-state index is 0.751. The molecule has 3 heterocycles. The molecule has 0 fully saturated rings. The maximum atomic E-state index is 5.04. The highest BCUT2D eigenvalue weighted by atomic mass is 79.9. The lowest BCUT2D eigenvalue weighted by atomic mass is 10.2. The monoisotopic (exact) mass is 517 g/mol. The molecule has 0 aliphatic rings. The third kappa shape index (κ3) is 3.33. The summed E-state index contributed by atoms with van der Waals surface area (Å²) >= 11 is 3.55. The quantitative estimate of drug-likeness (QED) is 0.247. The number of halogens is 1. The summed E-state index contributed by atoms with van der Waals surface area (Å²) in [7, 11) is 0. The van der Waals surface area contributed by atoms with Gasteiger partial charge in [0.2, 0.25) is 0 Å². The van der Waals surface area contributed by atoms with Crippen molar-refractivity contribution in [3.05, 3.63) is 102 Å². The third-order valence-electron chi connectivity index (χ3n) is 6.56. The lowest BCUT2D eigenvalue weighted by Crippen LogP contribution is -2.09. The van der Waals surface area contributed by atoms with Crippen LogP contribution >= 0.6 is 15.9 Å². The van der Waals surface area contributed by atoms with Crippen molar-refractivity contribution in [3.63, 3.8) is 0 Å². The minimum Gasteiger partial charge on any atom is -0.322 e. The lowest BCUT2D eigenvalue weighted by molar-refractivity contribution is 0.617. The molecule has 7 rings (SSSR count). The number of benzene rings is 4. The van der Waals surface area contributed by atoms with E-state index in [-0.39, 0.29) is 0 Å². The second-order valence-corrected chi connectivity index (χ2v) is 9.55. The molecular weight excluding hydrogens is 498 g/mol. The van der Waals surface area contributed by atoms with Crippen LogP contribution in [-0.2, 0) is 13.1 Å². The molecule has 4 aromatic carbocycles. The molecule has 0 spiro atoms. The van der Waals surface area contributed by atoms with Crippen molar-refractivity contribution in [2.75, 3.05) is 0 Å². The molecule has 6 heteroatoms. The fraction of sp³-hybridized carbons (Fsp3) is 0.0690. The summed E-state index contributed by atoms with van der Waals surface area (Å²) in [6.45, 7) is 1.51. The van der Waals surface area contributed by atoms with Crippen LogP contribution in [0.5, 0.6) is 0 Å². The van der Waals surface area contributed by atoms with Gasteiger partial charge in [0, 0.05) is 28.5 Å². The van der Waals surface area contributed by atoms with E-state index >= 15 is 0 Å². The van der Waals surface area contributed by atoms with Crippen LogP contribution in [0, 0.1) is 0 Å². The Hall–Kier alpha value is -4.03. The van der Waals surface area contributed by atoms with Crippen LogP contribution in [0.3, 0.4) is 0 Å². The van der Waals surface area contributed by atoms with Gasteiger partial charge < -0.3 is 9.13 Å². The maximum absolute atomic E-state index is 5.04. The van der Waals surface area contributed by atoms with Crippen molar-refractivity contribution in [3.8, 4) is 11.4 Å². The van der Waals surface area contributed by atoms with Crippen molar-refractivity contribution < 1.29 is 0 Å². The molecule has 0 unspecified atom stereocenters. The topological polar surface area (TPSA) is 48.5 Å². The van der Waals surface area contributed by atoms with Crippen LogP contribution < -0.4 is 0 Å². The molecule has 168 valence electrons. The summed E-state index contributed by atoms with van der Waals surface area (Å²) < 4.78 is 5.66. The van der Waals surface area contributed by atoms with Gasteiger partial charge in [-0.25, -0.2) is 15.0 Å². The summed E-state index contributed by atoms with van der Waals surface area (Å²) in [5.41, 5.74) is 8.06. The van der Waals surface area contributed by atoms with Gasteiger partial charge in [0.05, 0.1) is 27.6 Å². The van der Waals surface area contributed by atoms with Gasteiger partial charge in [0.25, 0.3) is 0 Å². The summed E-state index contributed by atoms with van der Waals surface area (Å²) in [4.78, 5) is 15.0. The standard InChI is InChI=1S/C29H20BrN5/c30-20-15-13-19(14-16-20)28-33-24-10-4-6-12-26(24)35(28)18-17-34-25-11-5-1-7-21(25)27-29(34)32-23-9-3-2-8-22(23)31-27/h1-16H,17-18H2. The Morgan fingerprint density at radius 1 is 0.571 bits per heavy atom. The van der Waals surface area contributed by atoms with Gasteiger partial charge >= 0.3 is 0 Å². The van der Waals surface area contributed by atoms with Gasteiger partial charge in [-0.1, -0.05) is 70.5 Å². The lowest BCUT2D eigenvalue weighted by Gasteiger charge is -2.12. The largest absolute Gasteiger partial charge is 0.322 e. The first-order chi connectivity index (χ1) is 17.3. The molecule has 3 aromatic heterocycles. The van der Waals surface area contributed by atoms with Crippen LogP contribution in [0.1, 0.15) is 0 Å². The zero-order valence-electron chi connectivity index (χ0n) is 18.8. The first-order valence-electron chi connectivity index (χ1n) is 11.6. The number of aryl methyl sites for hydroxylation is 2. The molecular formula is C29H20BrN5. The number of fused-ring (bicyclic) bond motifs is 5. The predicted molar refractivity (Wildman–Crippen MR) is 145 cm³/mol. The highest BCUT2D eigenvalue weighted by Crippen LogP contribution is 2.30. The Morgan fingerprint density at radius 2 is 1.20 bits per heavy atom. The number of nitrogens with zero attached hydrogens (tertiary/aromatic N) is 5. The van der Waals surface area contributed by atoms with E-state index in [0.29, 0.717) is 0 Å². The van der Waals surface area contributed by atoms with Gasteiger partial charge in [-0.3, -0.25) is 0 Å². The molecule has 0 aliphatic heterocycles. The van der Waals surface area contributed by atoms with E-state index in [4.69, 9.17) is 15.0 Å². The van der Waals surface area contributed by atoms with E-state index in [1.54, 1.807) is 0 Å². The molecule has 0 saturated heterocycles. The van der Waals surface area contributed by atoms with Gasteiger partial charge in [-0.2, -0.15) is 0 Å². The molecule has 0 atom stereocenters. The fourth-order valence-corrected chi connectivity index (χ4v) is 5.19. The van der Waals surface area contributed by atoms with Crippen molar-refractivity contribution >= 4 is 60.1 Å². The first-order valence-corrected chi connectivity index (χ1v) is 12.4. The molecule has 0 bridgehead atoms. The Morgan fingerprint density at radius 3 is 2.00 bits per heavy atom. The van der Waals surface area contributed by atoms with E-state index in [0.717, 1.165) is 73.1 Å². The van der Waals surface area contributed by atoms with E-state index in [1.165, 1.54) is 0 Å². The van der Waals surface area contributed by atoms with Gasteiger partial charge in [0.15, 0.2) is 5.65 Å². The van der Waals surface area contributed by atoms with E-state index in [9.17, 15) is 0 Å². The zero-order valence-corrected chi connectivity index (χ0v) is 20.4. The molecule has 0 radical (unpaired) electrons. The van der Waals surface area contributed by atoms with Crippen LogP contribution in [0.25, 0.3) is 55.5 Å². The highest BCUT2D eigenvalue weighted by molar-refractivity contribution is 9.10. The number of imidazole rings is 1. The van der Waals surface area contributed by atoms with Crippen molar-refractivity contribution in [1.29, 1.82) is 0 Å². The molecule has 35 heavy (non-hydrogen) atoms. The highest BCUT2D eigenvalue weighted by Gasteiger charge is 2.17. The van der Waals surface area contributed by atoms with Crippen LogP contribution in [-0.4, -0.2) is 24.1 Å². The molecule has 7 aromatic rings. The average Bonchev–Trinajstić information content (AvgIpc) is 3.42. The first kappa shape index (κ1) is 20.4. The minimum absolute atomic E-state index is 0.751. The van der Waals surface area contributed by atoms with E-state index < -0.39 is 0 Å². The van der Waals surface area contributed by atoms with Crippen LogP contribution in [0.2, 0.25) is 0 Å². The summed E-state index contributed by atoms with van der Waals surface area (Å²) in [6, 6.07) is 33.2. The van der Waals surface area contributed by atoms with Gasteiger partial charge in [-0.05, 0) is 42.5 Å². The Bertz CT molecular complexity index is 1860. The molecule has 0 aliphatic carbocycles. The van der Waals surface area contributed by atoms with Crippen LogP contribution in [0.4, 0.5) is 0 Å². The number of hydrogen-bond donors (Lipinski definition) is 0. The second-order valence-electron chi connectivity index (χ2n) is 8.64. The molecule has 0 saturated carbocycles. The van der Waals surface area contributed by atoms with E-state index in [2.05, 4.69) is 91.8 Å². The zero-order chi connectivity index (χ0) is 23.4. The third-order valence-corrected chi connectivity index (χ3v) is 7.09. The Balaban J connectivity index is 1.39. The summed E-state index contributed by atoms with van der Waals surface area (Å²) in [5.74, 6) is 0.969. The normalized spacial score (nSPS) is 11.8. The van der Waals surface area contributed by atoms with Crippen LogP contribution in [0.15, 0.2) is 102 Å². The number of aromatic nitrogens is 5. The average molecular weight is 518 g/mol. The summed E-state index contributed by atoms with van der Waals surface area (Å²) in [5, 5.41) is 1.13. The number of para-hydroxylation sites is 5. The Kier molecular flexibility index (Phi) is 4.67. The van der Waals surface area contributed by atoms with Gasteiger partial charge in [0.1, 0.15) is 11.3 Å². The second kappa shape index (κ2) is 8.03. The Labute approximate surface area is 209 Å². The van der Waals surface area contributed by atoms with Crippen molar-refractivity contribution in [1.82, 2.24) is 24.1 Å². The maximum Gasteiger partial charge on any atom is 0.160 e. The summed E-state index contributed by atoms with van der Waals surface area (Å²) in [6.07, 6.45) is 0. The molecule has 0 amide bonds. The van der Waals surface area contributed by atoms with Crippen molar-refractivity contribution in [2.45, 2.75) is 13.1 Å². The smallest absolute Gasteiger partial charge is 0.160 e. The molecule has 5 nitrogen and oxygen atoms in total.